The summed E-state index contributed by atoms with van der Waals surface area (Å²) < 4.78 is 5.12. The molecule has 0 radical (unpaired) electrons. The number of likely N-dealkylation sites (N-methyl/N-ethyl adjacent to an activating group) is 1. The van der Waals surface area contributed by atoms with Crippen molar-refractivity contribution < 1.29 is 14.6 Å². The number of carboxylic acid groups (broad SMARTS) is 1. The molecule has 0 aliphatic heterocycles. The Morgan fingerprint density at radius 3 is 2.63 bits per heavy atom. The lowest BCUT2D eigenvalue weighted by atomic mass is 10.3. The Labute approximate surface area is 112 Å². The molecule has 0 fully saturated rings. The number of methoxy groups -OCH3 is 1. The molecule has 1 aromatic rings. The van der Waals surface area contributed by atoms with E-state index < -0.39 is 5.97 Å². The van der Waals surface area contributed by atoms with Crippen LogP contribution in [0.5, 0.6) is 0 Å². The number of hydrogen-bond donors (Lipinski definition) is 1. The van der Waals surface area contributed by atoms with E-state index in [1.54, 1.807) is 19.5 Å². The van der Waals surface area contributed by atoms with E-state index in [2.05, 4.69) is 9.97 Å². The first-order chi connectivity index (χ1) is 9.08. The fourth-order valence-electron chi connectivity index (χ4n) is 1.71. The average Bonchev–Trinajstić information content (AvgIpc) is 2.39. The van der Waals surface area contributed by atoms with Gasteiger partial charge < -0.3 is 14.7 Å². The molecule has 0 saturated heterocycles. The van der Waals surface area contributed by atoms with E-state index >= 15 is 0 Å². The van der Waals surface area contributed by atoms with Crippen LogP contribution >= 0.6 is 0 Å². The zero-order valence-electron chi connectivity index (χ0n) is 11.4. The maximum atomic E-state index is 10.4. The Kier molecular flexibility index (Phi) is 5.95. The van der Waals surface area contributed by atoms with Gasteiger partial charge >= 0.3 is 5.97 Å². The predicted octanol–water partition coefficient (Wildman–Crippen LogP) is 1.44. The second kappa shape index (κ2) is 7.48. The molecule has 1 aromatic heterocycles. The topological polar surface area (TPSA) is 75.6 Å². The number of aromatic nitrogens is 2. The van der Waals surface area contributed by atoms with Gasteiger partial charge in [-0.05, 0) is 19.9 Å². The number of ether oxygens (including phenoxy) is 1. The predicted molar refractivity (Wildman–Crippen MR) is 73.1 cm³/mol. The van der Waals surface area contributed by atoms with Crippen LogP contribution in [0.4, 0.5) is 5.95 Å². The lowest BCUT2D eigenvalue weighted by molar-refractivity contribution is -0.131. The van der Waals surface area contributed by atoms with Gasteiger partial charge in [-0.3, -0.25) is 0 Å². The van der Waals surface area contributed by atoms with E-state index in [-0.39, 0.29) is 6.04 Å². The van der Waals surface area contributed by atoms with Gasteiger partial charge in [0.25, 0.3) is 0 Å². The number of rotatable bonds is 7. The molecule has 1 atom stereocenters. The van der Waals surface area contributed by atoms with Crippen LogP contribution in [0, 0.1) is 0 Å². The molecular formula is C13H19N3O3. The van der Waals surface area contributed by atoms with E-state index in [1.807, 2.05) is 18.7 Å². The second-order valence-electron chi connectivity index (χ2n) is 4.08. The van der Waals surface area contributed by atoms with Crippen LogP contribution in [0.3, 0.4) is 0 Å². The number of carbonyl (C=O) groups is 1. The highest BCUT2D eigenvalue weighted by molar-refractivity contribution is 5.85. The van der Waals surface area contributed by atoms with Gasteiger partial charge in [-0.15, -0.1) is 0 Å². The Hall–Kier alpha value is -1.95. The van der Waals surface area contributed by atoms with E-state index in [4.69, 9.17) is 9.84 Å². The number of hydrogen-bond acceptors (Lipinski definition) is 5. The summed E-state index contributed by atoms with van der Waals surface area (Å²) in [6.45, 7) is 5.43. The molecule has 1 heterocycles. The Bertz CT molecular complexity index is 431. The van der Waals surface area contributed by atoms with E-state index in [0.29, 0.717) is 18.1 Å². The first-order valence-corrected chi connectivity index (χ1v) is 6.07. The van der Waals surface area contributed by atoms with E-state index in [9.17, 15) is 4.79 Å². The van der Waals surface area contributed by atoms with Crippen LogP contribution in [0.15, 0.2) is 18.5 Å². The van der Waals surface area contributed by atoms with Crippen molar-refractivity contribution in [3.05, 3.63) is 24.0 Å². The molecule has 0 saturated carbocycles. The standard InChI is InChI=1S/C13H19N3O3/c1-4-16(10(2)9-19-3)13-14-7-11(8-15-13)5-6-12(17)18/h5-8,10H,4,9H2,1-3H3,(H,17,18)/b6-5+. The Balaban J connectivity index is 2.81. The van der Waals surface area contributed by atoms with Gasteiger partial charge in [0.05, 0.1) is 12.6 Å². The summed E-state index contributed by atoms with van der Waals surface area (Å²) in [6, 6.07) is 0.176. The summed E-state index contributed by atoms with van der Waals surface area (Å²) >= 11 is 0. The molecule has 0 amide bonds. The molecule has 104 valence electrons. The third-order valence-corrected chi connectivity index (χ3v) is 2.61. The van der Waals surface area contributed by atoms with Gasteiger partial charge in [0.15, 0.2) is 0 Å². The number of aliphatic carboxylic acids is 1. The monoisotopic (exact) mass is 265 g/mol. The van der Waals surface area contributed by atoms with Crippen LogP contribution in [0.1, 0.15) is 19.4 Å². The number of carboxylic acids is 1. The van der Waals surface area contributed by atoms with Crippen LogP contribution in [-0.2, 0) is 9.53 Å². The van der Waals surface area contributed by atoms with E-state index in [0.717, 1.165) is 12.6 Å². The maximum Gasteiger partial charge on any atom is 0.328 e. The van der Waals surface area contributed by atoms with Crippen molar-refractivity contribution in [3.63, 3.8) is 0 Å². The lowest BCUT2D eigenvalue weighted by Gasteiger charge is -2.27. The molecule has 0 aliphatic rings. The molecule has 6 nitrogen and oxygen atoms in total. The van der Waals surface area contributed by atoms with Crippen molar-refractivity contribution in [2.45, 2.75) is 19.9 Å². The fourth-order valence-corrected chi connectivity index (χ4v) is 1.71. The van der Waals surface area contributed by atoms with Gasteiger partial charge in [-0.1, -0.05) is 0 Å². The smallest absolute Gasteiger partial charge is 0.328 e. The highest BCUT2D eigenvalue weighted by atomic mass is 16.5. The molecule has 0 aliphatic carbocycles. The number of nitrogens with zero attached hydrogens (tertiary/aromatic N) is 3. The summed E-state index contributed by atoms with van der Waals surface area (Å²) in [5.41, 5.74) is 0.654. The van der Waals surface area contributed by atoms with Crippen molar-refractivity contribution >= 4 is 18.0 Å². The number of anilines is 1. The first-order valence-electron chi connectivity index (χ1n) is 6.07. The summed E-state index contributed by atoms with van der Waals surface area (Å²) in [5, 5.41) is 8.54. The highest BCUT2D eigenvalue weighted by Gasteiger charge is 2.14. The summed E-state index contributed by atoms with van der Waals surface area (Å²) in [6.07, 6.45) is 5.72. The summed E-state index contributed by atoms with van der Waals surface area (Å²) in [5.74, 6) is -0.382. The van der Waals surface area contributed by atoms with Crippen molar-refractivity contribution in [3.8, 4) is 0 Å². The van der Waals surface area contributed by atoms with Crippen molar-refractivity contribution in [2.24, 2.45) is 0 Å². The quantitative estimate of drug-likeness (QED) is 0.752. The minimum absolute atomic E-state index is 0.176. The SMILES string of the molecule is CCN(c1ncc(/C=C/C(=O)O)cn1)C(C)COC. The molecule has 1 N–H and O–H groups in total. The normalized spacial score (nSPS) is 12.6. The van der Waals surface area contributed by atoms with Crippen molar-refractivity contribution in [1.82, 2.24) is 9.97 Å². The van der Waals surface area contributed by atoms with Crippen LogP contribution < -0.4 is 4.90 Å². The highest BCUT2D eigenvalue weighted by Crippen LogP contribution is 2.11. The fraction of sp³-hybridized carbons (Fsp3) is 0.462. The maximum absolute atomic E-state index is 10.4. The van der Waals surface area contributed by atoms with Crippen molar-refractivity contribution in [2.75, 3.05) is 25.2 Å². The molecular weight excluding hydrogens is 246 g/mol. The van der Waals surface area contributed by atoms with Gasteiger partial charge in [0.1, 0.15) is 0 Å². The Morgan fingerprint density at radius 2 is 2.16 bits per heavy atom. The molecule has 0 aromatic carbocycles. The molecule has 19 heavy (non-hydrogen) atoms. The molecule has 0 spiro atoms. The molecule has 1 unspecified atom stereocenters. The third-order valence-electron chi connectivity index (χ3n) is 2.61. The zero-order chi connectivity index (χ0) is 14.3. The molecule has 0 bridgehead atoms. The van der Waals surface area contributed by atoms with Crippen LogP contribution in [0.25, 0.3) is 6.08 Å². The van der Waals surface area contributed by atoms with E-state index in [1.165, 1.54) is 6.08 Å². The molecule has 6 heteroatoms. The minimum atomic E-state index is -0.993. The minimum Gasteiger partial charge on any atom is -0.478 e. The van der Waals surface area contributed by atoms with Gasteiger partial charge in [0.2, 0.25) is 5.95 Å². The first kappa shape index (κ1) is 15.1. The third kappa shape index (κ3) is 4.67. The Morgan fingerprint density at radius 1 is 1.53 bits per heavy atom. The van der Waals surface area contributed by atoms with Crippen molar-refractivity contribution in [1.29, 1.82) is 0 Å². The summed E-state index contributed by atoms with van der Waals surface area (Å²) in [4.78, 5) is 20.9. The van der Waals surface area contributed by atoms with Gasteiger partial charge in [-0.25, -0.2) is 14.8 Å². The van der Waals surface area contributed by atoms with Gasteiger partial charge in [0, 0.05) is 37.7 Å². The van der Waals surface area contributed by atoms with Crippen LogP contribution in [-0.4, -0.2) is 47.3 Å². The largest absolute Gasteiger partial charge is 0.478 e. The average molecular weight is 265 g/mol. The summed E-state index contributed by atoms with van der Waals surface area (Å²) in [7, 11) is 1.66. The molecule has 1 rings (SSSR count). The lowest BCUT2D eigenvalue weighted by Crippen LogP contribution is -2.37. The van der Waals surface area contributed by atoms with Gasteiger partial charge in [-0.2, -0.15) is 0 Å². The zero-order valence-corrected chi connectivity index (χ0v) is 11.4. The second-order valence-corrected chi connectivity index (χ2v) is 4.08. The van der Waals surface area contributed by atoms with Crippen LogP contribution in [0.2, 0.25) is 0 Å².